The number of carbonyl (C=O) groups excluding carboxylic acids is 1. The monoisotopic (exact) mass is 414 g/mol. The van der Waals surface area contributed by atoms with E-state index in [0.29, 0.717) is 23.2 Å². The molecule has 1 aromatic carbocycles. The van der Waals surface area contributed by atoms with Gasteiger partial charge in [0, 0.05) is 46.5 Å². The number of amides is 1. The third-order valence-electron chi connectivity index (χ3n) is 5.80. The summed E-state index contributed by atoms with van der Waals surface area (Å²) in [6.45, 7) is 13.7. The summed E-state index contributed by atoms with van der Waals surface area (Å²) in [5, 5.41) is 3.81. The number of allylic oxidation sites excluding steroid dienone is 2. The maximum atomic E-state index is 13.3. The van der Waals surface area contributed by atoms with Crippen molar-refractivity contribution in [2.75, 3.05) is 0 Å². The van der Waals surface area contributed by atoms with E-state index in [1.807, 2.05) is 19.1 Å². The topological polar surface area (TPSA) is 71.2 Å². The van der Waals surface area contributed by atoms with Crippen molar-refractivity contribution in [1.29, 1.82) is 0 Å². The van der Waals surface area contributed by atoms with Gasteiger partial charge in [-0.25, -0.2) is 4.85 Å². The van der Waals surface area contributed by atoms with Crippen molar-refractivity contribution in [3.8, 4) is 0 Å². The van der Waals surface area contributed by atoms with Crippen LogP contribution in [0.5, 0.6) is 0 Å². The first-order chi connectivity index (χ1) is 14.9. The van der Waals surface area contributed by atoms with Crippen LogP contribution in [0, 0.1) is 13.5 Å². The van der Waals surface area contributed by atoms with Gasteiger partial charge >= 0.3 is 0 Å². The van der Waals surface area contributed by atoms with Crippen LogP contribution < -0.4 is 10.9 Å². The van der Waals surface area contributed by atoms with Gasteiger partial charge in [-0.15, -0.1) is 0 Å². The zero-order valence-corrected chi connectivity index (χ0v) is 18.1. The maximum Gasteiger partial charge on any atom is 0.253 e. The van der Waals surface area contributed by atoms with Gasteiger partial charge < -0.3 is 14.9 Å². The second kappa shape index (κ2) is 8.27. The Morgan fingerprint density at radius 2 is 1.94 bits per heavy atom. The highest BCUT2D eigenvalue weighted by molar-refractivity contribution is 6.09. The van der Waals surface area contributed by atoms with Crippen molar-refractivity contribution < 1.29 is 4.79 Å². The zero-order valence-electron chi connectivity index (χ0n) is 18.1. The van der Waals surface area contributed by atoms with Gasteiger partial charge in [-0.3, -0.25) is 9.59 Å². The summed E-state index contributed by atoms with van der Waals surface area (Å²) in [7, 11) is 0. The Hall–Kier alpha value is -3.59. The zero-order chi connectivity index (χ0) is 22.1. The Morgan fingerprint density at radius 3 is 2.68 bits per heavy atom. The Balaban J connectivity index is 1.89. The van der Waals surface area contributed by atoms with E-state index in [1.54, 1.807) is 6.07 Å². The van der Waals surface area contributed by atoms with Crippen molar-refractivity contribution in [3.05, 3.63) is 86.3 Å². The first kappa shape index (κ1) is 20.7. The van der Waals surface area contributed by atoms with E-state index in [9.17, 15) is 9.59 Å². The summed E-state index contributed by atoms with van der Waals surface area (Å²) in [5.41, 5.74) is 5.05. The van der Waals surface area contributed by atoms with E-state index in [2.05, 4.69) is 51.9 Å². The number of pyridine rings is 1. The number of nitrogens with zero attached hydrogens (tertiary/aromatic N) is 2. The number of aromatic nitrogens is 2. The lowest BCUT2D eigenvalue weighted by Crippen LogP contribution is -2.28. The minimum Gasteiger partial charge on any atom is -0.348 e. The normalized spacial score (nSPS) is 15.4. The maximum absolute atomic E-state index is 13.3. The number of hydrogen-bond acceptors (Lipinski definition) is 2. The number of H-pyrrole nitrogens is 1. The number of benzene rings is 1. The van der Waals surface area contributed by atoms with Crippen LogP contribution >= 0.6 is 0 Å². The Labute approximate surface area is 181 Å². The van der Waals surface area contributed by atoms with Crippen LogP contribution in [-0.4, -0.2) is 15.5 Å². The summed E-state index contributed by atoms with van der Waals surface area (Å²) < 4.78 is 2.12. The second-order valence-corrected chi connectivity index (χ2v) is 8.34. The molecular weight excluding hydrogens is 388 g/mol. The lowest BCUT2D eigenvalue weighted by atomic mass is 10.0. The van der Waals surface area contributed by atoms with Gasteiger partial charge in [0.25, 0.3) is 11.5 Å². The summed E-state index contributed by atoms with van der Waals surface area (Å²) >= 11 is 0. The van der Waals surface area contributed by atoms with Gasteiger partial charge in [-0.1, -0.05) is 12.2 Å². The third kappa shape index (κ3) is 3.91. The van der Waals surface area contributed by atoms with E-state index >= 15 is 0 Å². The largest absolute Gasteiger partial charge is 0.348 e. The highest BCUT2D eigenvalue weighted by Gasteiger charge is 2.20. The average molecular weight is 415 g/mol. The molecule has 0 aliphatic carbocycles. The standard InChI is InChI=1S/C25H26N4O2/c1-15(2)29-14-18-9-7-5-6-8-17-10-16(3)28-25(31)21(17)13-27-24(30)20-11-19(26-4)12-22(29)23(18)20/h5,7,10-12,14-15H,6,8-9,13H2,1-3H3,(H,27,30)(H,28,31)/b7-5+. The number of carbonyl (C=O) groups is 1. The molecule has 0 fully saturated rings. The predicted molar refractivity (Wildman–Crippen MR) is 123 cm³/mol. The molecule has 3 heterocycles. The van der Waals surface area contributed by atoms with Crippen LogP contribution in [0.2, 0.25) is 0 Å². The van der Waals surface area contributed by atoms with Crippen LogP contribution in [0.4, 0.5) is 5.69 Å². The second-order valence-electron chi connectivity index (χ2n) is 8.34. The molecule has 6 heteroatoms. The quantitative estimate of drug-likeness (QED) is 0.446. The molecule has 0 saturated carbocycles. The first-order valence-electron chi connectivity index (χ1n) is 10.6. The van der Waals surface area contributed by atoms with E-state index < -0.39 is 0 Å². The highest BCUT2D eigenvalue weighted by atomic mass is 16.1. The molecule has 0 radical (unpaired) electrons. The molecule has 0 unspecified atom stereocenters. The molecule has 2 aromatic heterocycles. The van der Waals surface area contributed by atoms with Gasteiger partial charge in [-0.2, -0.15) is 0 Å². The van der Waals surface area contributed by atoms with Crippen molar-refractivity contribution in [1.82, 2.24) is 14.9 Å². The molecule has 3 aromatic rings. The lowest BCUT2D eigenvalue weighted by molar-refractivity contribution is 0.0952. The molecule has 6 nitrogen and oxygen atoms in total. The minimum atomic E-state index is -0.271. The number of aromatic amines is 1. The van der Waals surface area contributed by atoms with Crippen LogP contribution in [0.25, 0.3) is 15.7 Å². The fourth-order valence-electron chi connectivity index (χ4n) is 4.31. The Bertz CT molecular complexity index is 1300. The van der Waals surface area contributed by atoms with Crippen molar-refractivity contribution in [3.63, 3.8) is 0 Å². The summed E-state index contributed by atoms with van der Waals surface area (Å²) in [5.74, 6) is -0.271. The number of rotatable bonds is 1. The van der Waals surface area contributed by atoms with Crippen molar-refractivity contribution in [2.45, 2.75) is 52.6 Å². The number of nitrogens with one attached hydrogen (secondary N) is 2. The van der Waals surface area contributed by atoms with E-state index in [-0.39, 0.29) is 24.1 Å². The predicted octanol–water partition coefficient (Wildman–Crippen LogP) is 4.74. The van der Waals surface area contributed by atoms with Crippen LogP contribution in [-0.2, 0) is 19.4 Å². The molecule has 158 valence electrons. The van der Waals surface area contributed by atoms with Gasteiger partial charge in [0.15, 0.2) is 5.69 Å². The number of fused-ring (bicyclic) bond motifs is 1. The highest BCUT2D eigenvalue weighted by Crippen LogP contribution is 2.33. The molecular formula is C25H26N4O2. The number of aryl methyl sites for hydroxylation is 2. The van der Waals surface area contributed by atoms with Crippen molar-refractivity contribution >= 4 is 22.5 Å². The van der Waals surface area contributed by atoms with E-state index in [4.69, 9.17) is 6.57 Å². The SMILES string of the molecule is [C-]#[N+]c1cc2c3c(cn(C(C)C)c3c1)C/C=C/CCc1cc(C)[nH]c(=O)c1CNC2=O. The fraction of sp³-hybridized carbons (Fsp3) is 0.320. The van der Waals surface area contributed by atoms with Crippen LogP contribution in [0.3, 0.4) is 0 Å². The van der Waals surface area contributed by atoms with Gasteiger partial charge in [0.1, 0.15) is 0 Å². The number of hydrogen-bond donors (Lipinski definition) is 2. The van der Waals surface area contributed by atoms with Gasteiger partial charge in [0.05, 0.1) is 6.57 Å². The summed E-state index contributed by atoms with van der Waals surface area (Å²) in [4.78, 5) is 32.3. The molecule has 0 bridgehead atoms. The molecule has 2 N–H and O–H groups in total. The molecule has 1 aliphatic heterocycles. The fourth-order valence-corrected chi connectivity index (χ4v) is 4.31. The van der Waals surface area contributed by atoms with Crippen LogP contribution in [0.1, 0.15) is 59.1 Å². The van der Waals surface area contributed by atoms with E-state index in [0.717, 1.165) is 40.6 Å². The van der Waals surface area contributed by atoms with Gasteiger partial charge in [0.2, 0.25) is 0 Å². The van der Waals surface area contributed by atoms with E-state index in [1.165, 1.54) is 0 Å². The van der Waals surface area contributed by atoms with Gasteiger partial charge in [-0.05, 0) is 69.4 Å². The third-order valence-corrected chi connectivity index (χ3v) is 5.80. The molecule has 0 atom stereocenters. The molecule has 1 aliphatic rings. The molecule has 1 amide bonds. The average Bonchev–Trinajstić information content (AvgIpc) is 3.10. The molecule has 0 spiro atoms. The summed E-state index contributed by atoms with van der Waals surface area (Å²) in [6.07, 6.45) is 8.62. The molecule has 4 rings (SSSR count). The summed E-state index contributed by atoms with van der Waals surface area (Å²) in [6, 6.07) is 5.69. The Morgan fingerprint density at radius 1 is 1.13 bits per heavy atom. The smallest absolute Gasteiger partial charge is 0.253 e. The molecule has 31 heavy (non-hydrogen) atoms. The minimum absolute atomic E-state index is 0.150. The molecule has 0 saturated heterocycles. The first-order valence-corrected chi connectivity index (χ1v) is 10.6. The van der Waals surface area contributed by atoms with Crippen molar-refractivity contribution in [2.24, 2.45) is 0 Å². The van der Waals surface area contributed by atoms with Crippen LogP contribution in [0.15, 0.2) is 41.3 Å². The lowest BCUT2D eigenvalue weighted by Gasteiger charge is -2.13. The Kier molecular flexibility index (Phi) is 5.51.